The van der Waals surface area contributed by atoms with Crippen molar-refractivity contribution in [1.29, 1.82) is 0 Å². The van der Waals surface area contributed by atoms with E-state index in [0.29, 0.717) is 0 Å². The lowest BCUT2D eigenvalue weighted by molar-refractivity contribution is 0.309. The molecule has 1 aliphatic rings. The molecule has 0 aromatic carbocycles. The summed E-state index contributed by atoms with van der Waals surface area (Å²) in [6.07, 6.45) is 1.15. The lowest BCUT2D eigenvalue weighted by atomic mass is 10.1. The number of likely N-dealkylation sites (N-methyl/N-ethyl adjacent to an activating group) is 1. The predicted molar refractivity (Wildman–Crippen MR) is 43.4 cm³/mol. The van der Waals surface area contributed by atoms with Crippen molar-refractivity contribution >= 4 is 0 Å². The van der Waals surface area contributed by atoms with Gasteiger partial charge in [0.25, 0.3) is 0 Å². The molecule has 0 saturated carbocycles. The maximum absolute atomic E-state index is 4.24. The highest BCUT2D eigenvalue weighted by Crippen LogP contribution is 2.17. The Kier molecular flexibility index (Phi) is 1.46. The van der Waals surface area contributed by atoms with Crippen LogP contribution in [-0.2, 0) is 13.0 Å². The third-order valence-electron chi connectivity index (χ3n) is 2.32. The lowest BCUT2D eigenvalue weighted by Crippen LogP contribution is -2.26. The Labute approximate surface area is 66.4 Å². The molecule has 1 aromatic heterocycles. The largest absolute Gasteiger partial charge is 0.300 e. The number of fused-ring (bicyclic) bond motifs is 1. The Bertz CT molecular complexity index is 264. The van der Waals surface area contributed by atoms with Crippen LogP contribution in [0.3, 0.4) is 0 Å². The molecule has 0 atom stereocenters. The second-order valence-electron chi connectivity index (χ2n) is 3.26. The van der Waals surface area contributed by atoms with E-state index < -0.39 is 0 Å². The molecule has 0 aliphatic carbocycles. The quantitative estimate of drug-likeness (QED) is 0.592. The molecule has 0 unspecified atom stereocenters. The minimum atomic E-state index is 1.000. The van der Waals surface area contributed by atoms with Crippen molar-refractivity contribution in [3.63, 3.8) is 0 Å². The van der Waals surface area contributed by atoms with E-state index in [-0.39, 0.29) is 0 Å². The maximum Gasteiger partial charge on any atom is 0.0797 e. The molecule has 1 N–H and O–H groups in total. The van der Waals surface area contributed by atoms with Crippen LogP contribution >= 0.6 is 0 Å². The summed E-state index contributed by atoms with van der Waals surface area (Å²) >= 11 is 0. The van der Waals surface area contributed by atoms with E-state index in [1.165, 1.54) is 17.0 Å². The summed E-state index contributed by atoms with van der Waals surface area (Å²) in [4.78, 5) is 2.29. The Balaban J connectivity index is 2.36. The van der Waals surface area contributed by atoms with Gasteiger partial charge in [-0.15, -0.1) is 0 Å². The van der Waals surface area contributed by atoms with Crippen LogP contribution in [0.5, 0.6) is 0 Å². The molecule has 3 nitrogen and oxygen atoms in total. The van der Waals surface area contributed by atoms with Gasteiger partial charge < -0.3 is 4.90 Å². The van der Waals surface area contributed by atoms with Gasteiger partial charge in [0.15, 0.2) is 0 Å². The van der Waals surface area contributed by atoms with Crippen molar-refractivity contribution in [2.24, 2.45) is 0 Å². The van der Waals surface area contributed by atoms with E-state index in [4.69, 9.17) is 0 Å². The molecule has 3 heteroatoms. The van der Waals surface area contributed by atoms with Gasteiger partial charge in [0.1, 0.15) is 0 Å². The zero-order valence-corrected chi connectivity index (χ0v) is 7.02. The average Bonchev–Trinajstić information content (AvgIpc) is 2.32. The van der Waals surface area contributed by atoms with Crippen LogP contribution in [0.1, 0.15) is 17.0 Å². The fourth-order valence-electron chi connectivity index (χ4n) is 1.60. The molecular formula is C8H13N3. The SMILES string of the molecule is Cc1[nH]nc2c1CCN(C)C2. The smallest absolute Gasteiger partial charge is 0.0797 e. The molecule has 0 fully saturated rings. The van der Waals surface area contributed by atoms with Crippen LogP contribution in [0, 0.1) is 6.92 Å². The second kappa shape index (κ2) is 2.34. The number of aromatic amines is 1. The molecule has 60 valence electrons. The van der Waals surface area contributed by atoms with Gasteiger partial charge in [0, 0.05) is 18.8 Å². The maximum atomic E-state index is 4.24. The number of rotatable bonds is 0. The molecule has 0 saturated heterocycles. The number of aryl methyl sites for hydroxylation is 1. The van der Waals surface area contributed by atoms with Gasteiger partial charge in [-0.25, -0.2) is 0 Å². The summed E-state index contributed by atoms with van der Waals surface area (Å²) < 4.78 is 0. The molecule has 0 spiro atoms. The predicted octanol–water partition coefficient (Wildman–Crippen LogP) is 0.706. The first-order valence-electron chi connectivity index (χ1n) is 3.98. The Morgan fingerprint density at radius 3 is 3.18 bits per heavy atom. The van der Waals surface area contributed by atoms with Gasteiger partial charge in [-0.3, -0.25) is 5.10 Å². The fraction of sp³-hybridized carbons (Fsp3) is 0.625. The van der Waals surface area contributed by atoms with Gasteiger partial charge in [0.05, 0.1) is 5.69 Å². The van der Waals surface area contributed by atoms with Crippen molar-refractivity contribution in [2.45, 2.75) is 19.9 Å². The van der Waals surface area contributed by atoms with Crippen LogP contribution in [0.25, 0.3) is 0 Å². The van der Waals surface area contributed by atoms with Crippen LogP contribution in [0.15, 0.2) is 0 Å². The fourth-order valence-corrected chi connectivity index (χ4v) is 1.60. The number of nitrogens with one attached hydrogen (secondary N) is 1. The van der Waals surface area contributed by atoms with E-state index in [1.807, 2.05) is 0 Å². The highest BCUT2D eigenvalue weighted by Gasteiger charge is 2.16. The Morgan fingerprint density at radius 1 is 1.55 bits per heavy atom. The van der Waals surface area contributed by atoms with Crippen LogP contribution in [0.4, 0.5) is 0 Å². The van der Waals surface area contributed by atoms with Crippen LogP contribution in [-0.4, -0.2) is 28.7 Å². The van der Waals surface area contributed by atoms with Gasteiger partial charge in [-0.1, -0.05) is 0 Å². The molecule has 0 bridgehead atoms. The molecule has 1 aliphatic heterocycles. The van der Waals surface area contributed by atoms with Crippen molar-refractivity contribution in [1.82, 2.24) is 15.1 Å². The summed E-state index contributed by atoms with van der Waals surface area (Å²) in [7, 11) is 2.13. The van der Waals surface area contributed by atoms with E-state index in [0.717, 1.165) is 19.5 Å². The minimum Gasteiger partial charge on any atom is -0.300 e. The summed E-state index contributed by atoms with van der Waals surface area (Å²) in [6, 6.07) is 0. The number of aromatic nitrogens is 2. The van der Waals surface area contributed by atoms with Gasteiger partial charge >= 0.3 is 0 Å². The summed E-state index contributed by atoms with van der Waals surface area (Å²) in [5.74, 6) is 0. The molecule has 2 heterocycles. The second-order valence-corrected chi connectivity index (χ2v) is 3.26. The molecule has 2 rings (SSSR count). The normalized spacial score (nSPS) is 18.4. The van der Waals surface area contributed by atoms with E-state index in [2.05, 4.69) is 29.1 Å². The average molecular weight is 151 g/mol. The van der Waals surface area contributed by atoms with Gasteiger partial charge in [-0.2, -0.15) is 5.10 Å². The first-order chi connectivity index (χ1) is 5.27. The number of H-pyrrole nitrogens is 1. The third kappa shape index (κ3) is 1.05. The molecule has 1 aromatic rings. The lowest BCUT2D eigenvalue weighted by Gasteiger charge is -2.21. The number of nitrogens with zero attached hydrogens (tertiary/aromatic N) is 2. The van der Waals surface area contributed by atoms with Crippen molar-refractivity contribution in [3.8, 4) is 0 Å². The van der Waals surface area contributed by atoms with E-state index >= 15 is 0 Å². The van der Waals surface area contributed by atoms with E-state index in [9.17, 15) is 0 Å². The standard InChI is InChI=1S/C8H13N3/c1-6-7-3-4-11(2)5-8(7)10-9-6/h3-5H2,1-2H3,(H,9,10). The Morgan fingerprint density at radius 2 is 2.36 bits per heavy atom. The zero-order valence-electron chi connectivity index (χ0n) is 7.02. The highest BCUT2D eigenvalue weighted by molar-refractivity contribution is 5.26. The molecule has 11 heavy (non-hydrogen) atoms. The highest BCUT2D eigenvalue weighted by atomic mass is 15.2. The van der Waals surface area contributed by atoms with Gasteiger partial charge in [0.2, 0.25) is 0 Å². The first-order valence-corrected chi connectivity index (χ1v) is 3.98. The van der Waals surface area contributed by atoms with E-state index in [1.54, 1.807) is 0 Å². The summed E-state index contributed by atoms with van der Waals surface area (Å²) in [5.41, 5.74) is 3.91. The monoisotopic (exact) mass is 151 g/mol. The first kappa shape index (κ1) is 6.85. The summed E-state index contributed by atoms with van der Waals surface area (Å²) in [5, 5.41) is 7.26. The van der Waals surface area contributed by atoms with Crippen molar-refractivity contribution in [3.05, 3.63) is 17.0 Å². The van der Waals surface area contributed by atoms with Crippen molar-refractivity contribution < 1.29 is 0 Å². The van der Waals surface area contributed by atoms with Crippen LogP contribution < -0.4 is 0 Å². The van der Waals surface area contributed by atoms with Crippen molar-refractivity contribution in [2.75, 3.05) is 13.6 Å². The third-order valence-corrected chi connectivity index (χ3v) is 2.32. The summed E-state index contributed by atoms with van der Waals surface area (Å²) in [6.45, 7) is 4.25. The molecular weight excluding hydrogens is 138 g/mol. The topological polar surface area (TPSA) is 31.9 Å². The number of hydrogen-bond acceptors (Lipinski definition) is 2. The van der Waals surface area contributed by atoms with Crippen LogP contribution in [0.2, 0.25) is 0 Å². The molecule has 0 amide bonds. The number of hydrogen-bond donors (Lipinski definition) is 1. The Hall–Kier alpha value is -0.830. The van der Waals surface area contributed by atoms with Gasteiger partial charge in [-0.05, 0) is 26.0 Å². The molecule has 0 radical (unpaired) electrons. The zero-order chi connectivity index (χ0) is 7.84. The minimum absolute atomic E-state index is 1.000.